The van der Waals surface area contributed by atoms with Crippen LogP contribution in [-0.2, 0) is 43.1 Å². The molecule has 0 spiro atoms. The fourth-order valence-electron chi connectivity index (χ4n) is 3.00. The first-order chi connectivity index (χ1) is 16.1. The number of aromatic nitrogens is 1. The second-order valence-electron chi connectivity index (χ2n) is 6.80. The molecular weight excluding hydrogens is 570 g/mol. The molecule has 0 unspecified atom stereocenters. The number of halogens is 1. The molecule has 1 heterocycles. The Morgan fingerprint density at radius 3 is 2.14 bits per heavy atom. The van der Waals surface area contributed by atoms with Crippen molar-refractivity contribution in [2.75, 3.05) is 4.72 Å². The number of rotatable bonds is 9. The Kier molecular flexibility index (Phi) is 7.51. The summed E-state index contributed by atoms with van der Waals surface area (Å²) in [5.41, 5.74) is -1.32. The van der Waals surface area contributed by atoms with Crippen LogP contribution in [0, 0.1) is 10.1 Å². The van der Waals surface area contributed by atoms with Gasteiger partial charge in [0.1, 0.15) is 9.79 Å². The van der Waals surface area contributed by atoms with Crippen LogP contribution in [0.1, 0.15) is 11.3 Å². The molecule has 0 fully saturated rings. The predicted octanol–water partition coefficient (Wildman–Crippen LogP) is 2.78. The Hall–Kier alpha value is -2.67. The van der Waals surface area contributed by atoms with Crippen molar-refractivity contribution in [2.24, 2.45) is 0 Å². The maximum atomic E-state index is 12.5. The van der Waals surface area contributed by atoms with Gasteiger partial charge in [0.25, 0.3) is 35.9 Å². The van der Waals surface area contributed by atoms with E-state index in [1.54, 1.807) is 0 Å². The fourth-order valence-corrected chi connectivity index (χ4v) is 7.20. The molecular formula is C17H14ClN3O10S4. The van der Waals surface area contributed by atoms with Crippen molar-refractivity contribution in [3.8, 4) is 0 Å². The van der Waals surface area contributed by atoms with Crippen LogP contribution < -0.4 is 4.72 Å². The smallest absolute Gasteiger partial charge is 0.282 e. The lowest BCUT2D eigenvalue weighted by atomic mass is 10.1. The highest BCUT2D eigenvalue weighted by molar-refractivity contribution is 7.93. The van der Waals surface area contributed by atoms with Crippen molar-refractivity contribution in [1.29, 1.82) is 0 Å². The third kappa shape index (κ3) is 6.31. The molecule has 0 aliphatic carbocycles. The molecule has 0 atom stereocenters. The Morgan fingerprint density at radius 1 is 0.971 bits per heavy atom. The molecule has 18 heteroatoms. The van der Waals surface area contributed by atoms with E-state index in [1.807, 2.05) is 0 Å². The molecule has 3 N–H and O–H groups in total. The standard InChI is InChI=1S/C17H14ClN3O10S4/c18-10-1-4-12(5-2-10)33(24,25)20-17-19-11(9-32-17)3-6-13-14(21(22)23)7-8-15(34(26,27)28)16(13)35(29,30)31/h1-2,4-5,7-9H,3,6H2,(H,19,20)(H,26,27,28)(H,29,30,31). The van der Waals surface area contributed by atoms with Crippen molar-refractivity contribution >= 4 is 64.0 Å². The molecule has 0 aliphatic heterocycles. The summed E-state index contributed by atoms with van der Waals surface area (Å²) in [6, 6.07) is 6.48. The first kappa shape index (κ1) is 26.9. The highest BCUT2D eigenvalue weighted by Crippen LogP contribution is 2.33. The zero-order valence-corrected chi connectivity index (χ0v) is 21.0. The van der Waals surface area contributed by atoms with E-state index in [-0.39, 0.29) is 22.1 Å². The van der Waals surface area contributed by atoms with Crippen molar-refractivity contribution in [2.45, 2.75) is 27.5 Å². The van der Waals surface area contributed by atoms with Crippen molar-refractivity contribution in [3.63, 3.8) is 0 Å². The van der Waals surface area contributed by atoms with Crippen LogP contribution in [0.2, 0.25) is 5.02 Å². The quantitative estimate of drug-likeness (QED) is 0.189. The van der Waals surface area contributed by atoms with Crippen LogP contribution in [0.25, 0.3) is 0 Å². The second kappa shape index (κ2) is 9.76. The Bertz CT molecular complexity index is 1620. The first-order valence-corrected chi connectivity index (χ1v) is 14.7. The van der Waals surface area contributed by atoms with Crippen LogP contribution in [0.15, 0.2) is 56.5 Å². The highest BCUT2D eigenvalue weighted by Gasteiger charge is 2.32. The number of benzene rings is 2. The maximum Gasteiger partial charge on any atom is 0.296 e. The Morgan fingerprint density at radius 2 is 1.60 bits per heavy atom. The third-order valence-electron chi connectivity index (χ3n) is 4.46. The van der Waals surface area contributed by atoms with Crippen molar-refractivity contribution < 1.29 is 39.3 Å². The van der Waals surface area contributed by atoms with Gasteiger partial charge in [-0.3, -0.25) is 23.9 Å². The molecule has 0 saturated carbocycles. The summed E-state index contributed by atoms with van der Waals surface area (Å²) in [6.45, 7) is 0. The zero-order valence-electron chi connectivity index (χ0n) is 17.0. The van der Waals surface area contributed by atoms with Gasteiger partial charge >= 0.3 is 0 Å². The Balaban J connectivity index is 1.93. The second-order valence-corrected chi connectivity index (χ2v) is 12.5. The van der Waals surface area contributed by atoms with Crippen LogP contribution in [0.3, 0.4) is 0 Å². The minimum atomic E-state index is -5.32. The predicted molar refractivity (Wildman–Crippen MR) is 125 cm³/mol. The maximum absolute atomic E-state index is 12.5. The van der Waals surface area contributed by atoms with Gasteiger partial charge in [0.05, 0.1) is 21.1 Å². The minimum absolute atomic E-state index is 0.0638. The monoisotopic (exact) mass is 583 g/mol. The van der Waals surface area contributed by atoms with E-state index < -0.39 is 62.6 Å². The molecule has 3 rings (SSSR count). The number of hydrogen-bond donors (Lipinski definition) is 3. The zero-order chi connectivity index (χ0) is 26.2. The minimum Gasteiger partial charge on any atom is -0.282 e. The van der Waals surface area contributed by atoms with Gasteiger partial charge in [-0.2, -0.15) is 16.8 Å². The van der Waals surface area contributed by atoms with Gasteiger partial charge in [0.2, 0.25) is 0 Å². The molecule has 1 aromatic heterocycles. The number of nitrogens with zero attached hydrogens (tertiary/aromatic N) is 2. The summed E-state index contributed by atoms with van der Waals surface area (Å²) in [6.07, 6.45) is -0.709. The number of anilines is 1. The van der Waals surface area contributed by atoms with Gasteiger partial charge in [-0.1, -0.05) is 11.6 Å². The summed E-state index contributed by atoms with van der Waals surface area (Å²) < 4.78 is 93.1. The van der Waals surface area contributed by atoms with E-state index in [1.165, 1.54) is 29.6 Å². The molecule has 0 radical (unpaired) electrons. The summed E-state index contributed by atoms with van der Waals surface area (Å²) >= 11 is 6.62. The molecule has 0 aliphatic rings. The summed E-state index contributed by atoms with van der Waals surface area (Å²) in [4.78, 5) is 11.8. The van der Waals surface area contributed by atoms with Gasteiger partial charge < -0.3 is 0 Å². The normalized spacial score (nSPS) is 12.4. The largest absolute Gasteiger partial charge is 0.296 e. The van der Waals surface area contributed by atoms with Gasteiger partial charge in [-0.15, -0.1) is 11.3 Å². The highest BCUT2D eigenvalue weighted by atomic mass is 35.5. The van der Waals surface area contributed by atoms with Crippen LogP contribution in [0.5, 0.6) is 0 Å². The van der Waals surface area contributed by atoms with E-state index in [2.05, 4.69) is 9.71 Å². The summed E-state index contributed by atoms with van der Waals surface area (Å²) in [5, 5.41) is 13.1. The topological polar surface area (TPSA) is 211 Å². The molecule has 0 amide bonds. The van der Waals surface area contributed by atoms with Crippen LogP contribution >= 0.6 is 22.9 Å². The SMILES string of the molecule is O=[N+]([O-])c1ccc(S(=O)(=O)O)c(S(=O)(=O)O)c1CCc1csc(NS(=O)(=O)c2ccc(Cl)cc2)n1. The number of nitro benzene ring substituents is 1. The number of nitrogens with one attached hydrogen (secondary N) is 1. The number of sulfonamides is 1. The van der Waals surface area contributed by atoms with Gasteiger partial charge in [0, 0.05) is 16.5 Å². The van der Waals surface area contributed by atoms with E-state index in [0.717, 1.165) is 11.3 Å². The van der Waals surface area contributed by atoms with E-state index in [0.29, 0.717) is 17.2 Å². The number of aryl methyl sites for hydroxylation is 1. The lowest BCUT2D eigenvalue weighted by Gasteiger charge is -2.11. The number of hydrogen-bond acceptors (Lipinski definition) is 10. The summed E-state index contributed by atoms with van der Waals surface area (Å²) in [7, 11) is -14.5. The Labute approximate surface area is 208 Å². The lowest BCUT2D eigenvalue weighted by Crippen LogP contribution is -2.14. The van der Waals surface area contributed by atoms with Crippen molar-refractivity contribution in [1.82, 2.24) is 4.98 Å². The third-order valence-corrected chi connectivity index (χ3v) is 9.01. The number of nitro groups is 1. The average molecular weight is 584 g/mol. The van der Waals surface area contributed by atoms with E-state index in [4.69, 9.17) is 11.6 Å². The lowest BCUT2D eigenvalue weighted by molar-refractivity contribution is -0.385. The molecule has 2 aromatic carbocycles. The molecule has 3 aromatic rings. The van der Waals surface area contributed by atoms with E-state index >= 15 is 0 Å². The molecule has 0 bridgehead atoms. The van der Waals surface area contributed by atoms with Crippen molar-refractivity contribution in [3.05, 3.63) is 68.2 Å². The first-order valence-electron chi connectivity index (χ1n) is 9.07. The molecule has 188 valence electrons. The molecule has 13 nitrogen and oxygen atoms in total. The van der Waals surface area contributed by atoms with Crippen LogP contribution in [-0.4, -0.2) is 44.3 Å². The fraction of sp³-hybridized carbons (Fsp3) is 0.118. The van der Waals surface area contributed by atoms with Gasteiger partial charge in [-0.05, 0) is 43.2 Å². The molecule has 0 saturated heterocycles. The number of thiazole rings is 1. The van der Waals surface area contributed by atoms with Crippen LogP contribution in [0.4, 0.5) is 10.8 Å². The molecule has 35 heavy (non-hydrogen) atoms. The van der Waals surface area contributed by atoms with E-state index in [9.17, 15) is 44.5 Å². The van der Waals surface area contributed by atoms with Gasteiger partial charge in [-0.25, -0.2) is 13.4 Å². The van der Waals surface area contributed by atoms with Gasteiger partial charge in [0.15, 0.2) is 5.13 Å². The summed E-state index contributed by atoms with van der Waals surface area (Å²) in [5.74, 6) is 0. The average Bonchev–Trinajstić information content (AvgIpc) is 3.16.